The van der Waals surface area contributed by atoms with Gasteiger partial charge in [-0.05, 0) is 23.8 Å². The van der Waals surface area contributed by atoms with Crippen molar-refractivity contribution in [1.82, 2.24) is 0 Å². The first-order chi connectivity index (χ1) is 6.74. The van der Waals surface area contributed by atoms with Crippen LogP contribution in [0, 0.1) is 0 Å². The standard InChI is InChI=1S/C10H9BrO2S/c1-13-7-2-6(5-11)8-4-10(12)14-9(8)3-7/h2-4,12H,5H2,1H3. The average molecular weight is 273 g/mol. The number of hydrogen-bond acceptors (Lipinski definition) is 3. The molecular weight excluding hydrogens is 264 g/mol. The molecule has 0 radical (unpaired) electrons. The molecule has 0 aliphatic rings. The summed E-state index contributed by atoms with van der Waals surface area (Å²) >= 11 is 4.78. The number of thiophene rings is 1. The van der Waals surface area contributed by atoms with E-state index in [0.29, 0.717) is 5.06 Å². The summed E-state index contributed by atoms with van der Waals surface area (Å²) in [5, 5.41) is 11.6. The van der Waals surface area contributed by atoms with E-state index in [1.165, 1.54) is 11.3 Å². The highest BCUT2D eigenvalue weighted by molar-refractivity contribution is 9.08. The van der Waals surface area contributed by atoms with Gasteiger partial charge in [0.05, 0.1) is 7.11 Å². The van der Waals surface area contributed by atoms with Crippen LogP contribution in [0.5, 0.6) is 10.8 Å². The zero-order valence-electron chi connectivity index (χ0n) is 7.58. The molecule has 0 fully saturated rings. The first-order valence-corrected chi connectivity index (χ1v) is 6.04. The summed E-state index contributed by atoms with van der Waals surface area (Å²) in [5.41, 5.74) is 1.14. The molecule has 0 saturated heterocycles. The van der Waals surface area contributed by atoms with Crippen LogP contribution in [0.2, 0.25) is 0 Å². The molecule has 4 heteroatoms. The Balaban J connectivity index is 2.72. The van der Waals surface area contributed by atoms with Gasteiger partial charge in [-0.25, -0.2) is 0 Å². The molecule has 0 atom stereocenters. The van der Waals surface area contributed by atoms with Crippen molar-refractivity contribution in [3.63, 3.8) is 0 Å². The molecule has 74 valence electrons. The summed E-state index contributed by atoms with van der Waals surface area (Å²) < 4.78 is 6.23. The number of rotatable bonds is 2. The predicted octanol–water partition coefficient (Wildman–Crippen LogP) is 3.51. The zero-order valence-corrected chi connectivity index (χ0v) is 9.98. The topological polar surface area (TPSA) is 29.5 Å². The van der Waals surface area contributed by atoms with Gasteiger partial charge in [0.15, 0.2) is 5.06 Å². The molecular formula is C10H9BrO2S. The van der Waals surface area contributed by atoms with Gasteiger partial charge in [-0.3, -0.25) is 0 Å². The Morgan fingerprint density at radius 2 is 2.21 bits per heavy atom. The maximum absolute atomic E-state index is 9.40. The van der Waals surface area contributed by atoms with E-state index in [4.69, 9.17) is 4.74 Å². The number of hydrogen-bond donors (Lipinski definition) is 1. The van der Waals surface area contributed by atoms with Gasteiger partial charge < -0.3 is 9.84 Å². The largest absolute Gasteiger partial charge is 0.499 e. The third-order valence-corrected chi connectivity index (χ3v) is 3.55. The number of benzene rings is 1. The van der Waals surface area contributed by atoms with Crippen LogP contribution < -0.4 is 4.74 Å². The Labute approximate surface area is 94.3 Å². The van der Waals surface area contributed by atoms with Crippen molar-refractivity contribution in [2.24, 2.45) is 0 Å². The SMILES string of the molecule is COc1cc(CBr)c2cc(O)sc2c1. The molecule has 0 unspecified atom stereocenters. The number of fused-ring (bicyclic) bond motifs is 1. The van der Waals surface area contributed by atoms with Gasteiger partial charge in [-0.1, -0.05) is 27.3 Å². The lowest BCUT2D eigenvalue weighted by atomic mass is 10.1. The van der Waals surface area contributed by atoms with Crippen molar-refractivity contribution in [3.05, 3.63) is 23.8 Å². The molecule has 0 aliphatic heterocycles. The fourth-order valence-electron chi connectivity index (χ4n) is 1.40. The van der Waals surface area contributed by atoms with Gasteiger partial charge in [0.25, 0.3) is 0 Å². The highest BCUT2D eigenvalue weighted by atomic mass is 79.9. The lowest BCUT2D eigenvalue weighted by molar-refractivity contribution is 0.415. The van der Waals surface area contributed by atoms with Crippen LogP contribution in [0.4, 0.5) is 0 Å². The van der Waals surface area contributed by atoms with Gasteiger partial charge in [0.1, 0.15) is 5.75 Å². The summed E-state index contributed by atoms with van der Waals surface area (Å²) in [4.78, 5) is 0. The number of halogens is 1. The number of alkyl halides is 1. The maximum Gasteiger partial charge on any atom is 0.172 e. The molecule has 0 bridgehead atoms. The molecule has 1 aromatic heterocycles. The minimum atomic E-state index is 0.343. The molecule has 0 spiro atoms. The molecule has 0 aliphatic carbocycles. The maximum atomic E-state index is 9.40. The van der Waals surface area contributed by atoms with Crippen molar-refractivity contribution in [1.29, 1.82) is 0 Å². The highest BCUT2D eigenvalue weighted by Gasteiger charge is 2.07. The number of ether oxygens (including phenoxy) is 1. The van der Waals surface area contributed by atoms with Gasteiger partial charge in [-0.2, -0.15) is 0 Å². The Kier molecular flexibility index (Phi) is 2.65. The van der Waals surface area contributed by atoms with E-state index >= 15 is 0 Å². The summed E-state index contributed by atoms with van der Waals surface area (Å²) in [7, 11) is 1.65. The predicted molar refractivity (Wildman–Crippen MR) is 62.7 cm³/mol. The third kappa shape index (κ3) is 1.60. The molecule has 14 heavy (non-hydrogen) atoms. The summed E-state index contributed by atoms with van der Waals surface area (Å²) in [6.45, 7) is 0. The van der Waals surface area contributed by atoms with Crippen LogP contribution in [0.3, 0.4) is 0 Å². The normalized spacial score (nSPS) is 10.7. The van der Waals surface area contributed by atoms with Crippen LogP contribution in [-0.2, 0) is 5.33 Å². The van der Waals surface area contributed by atoms with E-state index in [0.717, 1.165) is 26.7 Å². The Hall–Kier alpha value is -0.740. The Morgan fingerprint density at radius 1 is 1.43 bits per heavy atom. The Morgan fingerprint density at radius 3 is 2.86 bits per heavy atom. The van der Waals surface area contributed by atoms with E-state index < -0.39 is 0 Å². The minimum Gasteiger partial charge on any atom is -0.499 e. The van der Waals surface area contributed by atoms with Crippen molar-refractivity contribution < 1.29 is 9.84 Å². The summed E-state index contributed by atoms with van der Waals surface area (Å²) in [6, 6.07) is 5.70. The van der Waals surface area contributed by atoms with E-state index in [9.17, 15) is 5.11 Å². The fraction of sp³-hybridized carbons (Fsp3) is 0.200. The quantitative estimate of drug-likeness (QED) is 0.848. The van der Waals surface area contributed by atoms with E-state index in [1.54, 1.807) is 13.2 Å². The lowest BCUT2D eigenvalue weighted by Crippen LogP contribution is -1.85. The van der Waals surface area contributed by atoms with Crippen LogP contribution in [-0.4, -0.2) is 12.2 Å². The average Bonchev–Trinajstić information content (AvgIpc) is 2.56. The number of aromatic hydroxyl groups is 1. The molecule has 1 heterocycles. The van der Waals surface area contributed by atoms with E-state index in [1.807, 2.05) is 12.1 Å². The van der Waals surface area contributed by atoms with E-state index in [-0.39, 0.29) is 0 Å². The second-order valence-corrected chi connectivity index (χ2v) is 4.54. The Bertz CT molecular complexity index is 464. The second-order valence-electron chi connectivity index (χ2n) is 2.92. The van der Waals surface area contributed by atoms with E-state index in [2.05, 4.69) is 15.9 Å². The van der Waals surface area contributed by atoms with Crippen molar-refractivity contribution in [2.75, 3.05) is 7.11 Å². The molecule has 0 amide bonds. The summed E-state index contributed by atoms with van der Waals surface area (Å²) in [6.07, 6.45) is 0. The van der Waals surface area contributed by atoms with Crippen LogP contribution >= 0.6 is 27.3 Å². The van der Waals surface area contributed by atoms with Crippen LogP contribution in [0.15, 0.2) is 18.2 Å². The van der Waals surface area contributed by atoms with Crippen molar-refractivity contribution in [2.45, 2.75) is 5.33 Å². The first kappa shape index (κ1) is 9.80. The van der Waals surface area contributed by atoms with Gasteiger partial charge >= 0.3 is 0 Å². The molecule has 2 rings (SSSR count). The van der Waals surface area contributed by atoms with Gasteiger partial charge in [0.2, 0.25) is 0 Å². The highest BCUT2D eigenvalue weighted by Crippen LogP contribution is 2.36. The lowest BCUT2D eigenvalue weighted by Gasteiger charge is -2.03. The molecule has 1 aromatic carbocycles. The molecule has 0 saturated carbocycles. The molecule has 2 nitrogen and oxygen atoms in total. The number of methoxy groups -OCH3 is 1. The minimum absolute atomic E-state index is 0.343. The molecule has 1 N–H and O–H groups in total. The zero-order chi connectivity index (χ0) is 10.1. The van der Waals surface area contributed by atoms with Crippen molar-refractivity contribution in [3.8, 4) is 10.8 Å². The van der Waals surface area contributed by atoms with Crippen molar-refractivity contribution >= 4 is 37.4 Å². The van der Waals surface area contributed by atoms with Gasteiger partial charge in [0, 0.05) is 15.4 Å². The second kappa shape index (κ2) is 3.79. The fourth-order valence-corrected chi connectivity index (χ4v) is 2.74. The van der Waals surface area contributed by atoms with Crippen LogP contribution in [0.1, 0.15) is 5.56 Å². The van der Waals surface area contributed by atoms with Gasteiger partial charge in [-0.15, -0.1) is 0 Å². The smallest absolute Gasteiger partial charge is 0.172 e. The van der Waals surface area contributed by atoms with Crippen LogP contribution in [0.25, 0.3) is 10.1 Å². The third-order valence-electron chi connectivity index (χ3n) is 2.06. The first-order valence-electron chi connectivity index (χ1n) is 4.10. The summed E-state index contributed by atoms with van der Waals surface area (Å²) in [5.74, 6) is 0.828. The molecule has 2 aromatic rings. The monoisotopic (exact) mass is 272 g/mol.